The van der Waals surface area contributed by atoms with Crippen LogP contribution in [0.25, 0.3) is 32.1 Å². The molecule has 1 fully saturated rings. The van der Waals surface area contributed by atoms with Crippen LogP contribution in [0.1, 0.15) is 171 Å². The number of pyridine rings is 1. The number of hydrogen-bond acceptors (Lipinski definition) is 4. The van der Waals surface area contributed by atoms with Crippen molar-refractivity contribution in [3.05, 3.63) is 71.6 Å². The quantitative estimate of drug-likeness (QED) is 0.0559. The molecule has 1 N–H and O–H groups in total. The Kier molecular flexibility index (Phi) is 19.2. The summed E-state index contributed by atoms with van der Waals surface area (Å²) in [6, 6.07) is 20.2. The van der Waals surface area contributed by atoms with Gasteiger partial charge in [0.15, 0.2) is 5.78 Å². The summed E-state index contributed by atoms with van der Waals surface area (Å²) in [6.45, 7) is 30.2. The van der Waals surface area contributed by atoms with Gasteiger partial charge in [-0.25, -0.2) is 0 Å². The zero-order valence-electron chi connectivity index (χ0n) is 38.7. The van der Waals surface area contributed by atoms with Gasteiger partial charge in [-0.15, -0.1) is 29.1 Å². The van der Waals surface area contributed by atoms with E-state index in [1.807, 2.05) is 27.7 Å². The minimum atomic E-state index is -1.90. The molecule has 4 aromatic rings. The zero-order chi connectivity index (χ0) is 42.1. The molecule has 1 aliphatic rings. The van der Waals surface area contributed by atoms with Crippen LogP contribution >= 0.6 is 11.3 Å². The number of aliphatic hydroxyl groups excluding tert-OH is 1. The number of aliphatic hydroxyl groups is 1. The molecule has 2 aromatic heterocycles. The number of aromatic nitrogens is 1. The van der Waals surface area contributed by atoms with E-state index in [1.54, 1.807) is 10.1 Å². The molecule has 0 bridgehead atoms. The molecule has 0 amide bonds. The largest absolute Gasteiger partial charge is 0.512 e. The Bertz CT molecular complexity index is 1910. The molecule has 5 rings (SSSR count). The van der Waals surface area contributed by atoms with Gasteiger partial charge in [-0.2, -0.15) is 11.3 Å². The van der Waals surface area contributed by atoms with E-state index < -0.39 is 8.07 Å². The Morgan fingerprint density at radius 2 is 1.41 bits per heavy atom. The second-order valence-corrected chi connectivity index (χ2v) is 25.5. The monoisotopic (exact) mass is 1000 g/mol. The second-order valence-electron chi connectivity index (χ2n) is 19.8. The van der Waals surface area contributed by atoms with Crippen molar-refractivity contribution >= 4 is 50.6 Å². The standard InChI is InChI=1S/C39H54NSSi.C13H24O2.Ir/c1-10-28(11-2)34-24-30(23-29-17-15-16-20-33(29)34)35-36-32(21-22-40-35)27(3)37(41-36)42(25-38(4,5)6,26-39(7,8)9)31-18-13-12-14-19-31;1-5-10(6-2)12(14)9-13(15)11(7-3)8-4;/h15-17,20-22,24,28,31H,10-14,18-19,25-26H2,1-9H3;9-11,14H,5-8H2,1-4H3;/q-1;;/b;12-9-;. The van der Waals surface area contributed by atoms with Crippen molar-refractivity contribution in [1.82, 2.24) is 4.98 Å². The van der Waals surface area contributed by atoms with Crippen molar-refractivity contribution < 1.29 is 30.0 Å². The van der Waals surface area contributed by atoms with Crippen molar-refractivity contribution in [3.63, 3.8) is 0 Å². The Morgan fingerprint density at radius 1 is 0.845 bits per heavy atom. The summed E-state index contributed by atoms with van der Waals surface area (Å²) in [7, 11) is -1.90. The molecular weight excluding hydrogens is 923 g/mol. The van der Waals surface area contributed by atoms with Gasteiger partial charge >= 0.3 is 0 Å². The Morgan fingerprint density at radius 3 is 1.95 bits per heavy atom. The average molecular weight is 1000 g/mol. The third-order valence-corrected chi connectivity index (χ3v) is 22.4. The smallest absolute Gasteiger partial charge is 0.162 e. The molecule has 1 radical (unpaired) electrons. The SMILES string of the molecule is CCC(CC)C(=O)/C=C(\O)C(CC)CC.CCC(CC)c1cc(-c2nccc3c(C)c([Si](CC(C)(C)C)(CC(C)(C)C)C4CCCCC4)sc23)[c-]c2ccccc12.[Ir]. The van der Waals surface area contributed by atoms with Crippen LogP contribution in [0.15, 0.2) is 54.4 Å². The Hall–Kier alpha value is -2.11. The maximum atomic E-state index is 11.7. The first kappa shape index (κ1) is 50.2. The second kappa shape index (κ2) is 22.1. The van der Waals surface area contributed by atoms with E-state index >= 15 is 0 Å². The molecule has 0 unspecified atom stereocenters. The van der Waals surface area contributed by atoms with E-state index in [1.165, 1.54) is 82.3 Å². The third kappa shape index (κ3) is 12.3. The maximum Gasteiger partial charge on any atom is 0.162 e. The van der Waals surface area contributed by atoms with E-state index in [0.29, 0.717) is 16.7 Å². The van der Waals surface area contributed by atoms with Crippen LogP contribution in [-0.2, 0) is 24.9 Å². The number of hydrogen-bond donors (Lipinski definition) is 1. The number of allylic oxidation sites excluding steroid dienone is 2. The number of aryl methyl sites for hydroxylation is 1. The van der Waals surface area contributed by atoms with Crippen molar-refractivity contribution in [3.8, 4) is 11.3 Å². The number of benzene rings is 2. The summed E-state index contributed by atoms with van der Waals surface area (Å²) >= 11 is 2.14. The Labute approximate surface area is 373 Å². The number of fused-ring (bicyclic) bond motifs is 2. The van der Waals surface area contributed by atoms with Crippen LogP contribution in [0, 0.1) is 35.7 Å². The van der Waals surface area contributed by atoms with Gasteiger partial charge in [0.05, 0.1) is 5.76 Å². The van der Waals surface area contributed by atoms with E-state index in [0.717, 1.165) is 49.8 Å². The predicted molar refractivity (Wildman–Crippen MR) is 254 cm³/mol. The van der Waals surface area contributed by atoms with Gasteiger partial charge in [0.1, 0.15) is 8.07 Å². The summed E-state index contributed by atoms with van der Waals surface area (Å²) in [5, 5.41) is 13.8. The molecule has 0 atom stereocenters. The number of ketones is 1. The van der Waals surface area contributed by atoms with Crippen molar-refractivity contribution in [1.29, 1.82) is 0 Å². The van der Waals surface area contributed by atoms with E-state index in [9.17, 15) is 9.90 Å². The van der Waals surface area contributed by atoms with E-state index in [2.05, 4.69) is 122 Å². The van der Waals surface area contributed by atoms with Crippen LogP contribution in [0.3, 0.4) is 0 Å². The molecule has 1 saturated carbocycles. The van der Waals surface area contributed by atoms with E-state index in [4.69, 9.17) is 4.98 Å². The summed E-state index contributed by atoms with van der Waals surface area (Å²) in [5.41, 5.74) is 6.84. The molecule has 1 aliphatic carbocycles. The normalized spacial score (nSPS) is 14.7. The molecule has 6 heteroatoms. The molecule has 0 saturated heterocycles. The van der Waals surface area contributed by atoms with Gasteiger partial charge in [0.2, 0.25) is 0 Å². The molecule has 323 valence electrons. The third-order valence-electron chi connectivity index (χ3n) is 13.0. The number of rotatable bonds is 15. The van der Waals surface area contributed by atoms with Gasteiger partial charge in [-0.05, 0) is 88.5 Å². The average Bonchev–Trinajstić information content (AvgIpc) is 3.52. The Balaban J connectivity index is 0.000000480. The number of nitrogens with zero attached hydrogens (tertiary/aromatic N) is 1. The van der Waals surface area contributed by atoms with Crippen molar-refractivity contribution in [2.45, 2.75) is 184 Å². The fourth-order valence-electron chi connectivity index (χ4n) is 10.3. The van der Waals surface area contributed by atoms with Crippen molar-refractivity contribution in [2.75, 3.05) is 0 Å². The predicted octanol–water partition coefficient (Wildman–Crippen LogP) is 16.1. The minimum Gasteiger partial charge on any atom is -0.512 e. The molecule has 2 heterocycles. The number of carbonyl (C=O) groups is 1. The van der Waals surface area contributed by atoms with Crippen LogP contribution in [0.4, 0.5) is 0 Å². The van der Waals surface area contributed by atoms with E-state index in [-0.39, 0.29) is 43.5 Å². The summed E-state index contributed by atoms with van der Waals surface area (Å²) in [5.74, 6) is 1.10. The number of carbonyl (C=O) groups excluding carboxylic acids is 1. The van der Waals surface area contributed by atoms with Crippen LogP contribution in [0.5, 0.6) is 0 Å². The fourth-order valence-corrected chi connectivity index (χ4v) is 21.0. The van der Waals surface area contributed by atoms with Crippen LogP contribution in [-0.4, -0.2) is 23.9 Å². The van der Waals surface area contributed by atoms with Crippen LogP contribution in [0.2, 0.25) is 17.6 Å². The first-order valence-electron chi connectivity index (χ1n) is 22.7. The van der Waals surface area contributed by atoms with Crippen molar-refractivity contribution in [2.24, 2.45) is 22.7 Å². The van der Waals surface area contributed by atoms with Gasteiger partial charge < -0.3 is 5.11 Å². The fraction of sp³-hybridized carbons (Fsp3) is 0.615. The number of thiophene rings is 1. The first-order chi connectivity index (χ1) is 27.0. The molecule has 2 aromatic carbocycles. The molecular formula is C52H78IrNO2SSi-. The molecule has 58 heavy (non-hydrogen) atoms. The minimum absolute atomic E-state index is 0. The van der Waals surface area contributed by atoms with Gasteiger partial charge in [0, 0.05) is 54.6 Å². The summed E-state index contributed by atoms with van der Waals surface area (Å²) in [4.78, 5) is 16.8. The molecule has 3 nitrogen and oxygen atoms in total. The molecule has 0 aliphatic heterocycles. The maximum absolute atomic E-state index is 11.7. The van der Waals surface area contributed by atoms with Gasteiger partial charge in [-0.3, -0.25) is 9.78 Å². The molecule has 0 spiro atoms. The summed E-state index contributed by atoms with van der Waals surface area (Å²) < 4.78 is 3.17. The van der Waals surface area contributed by atoms with Gasteiger partial charge in [-0.1, -0.05) is 157 Å². The zero-order valence-corrected chi connectivity index (χ0v) is 42.9. The van der Waals surface area contributed by atoms with Crippen LogP contribution < -0.4 is 4.50 Å². The first-order valence-corrected chi connectivity index (χ1v) is 26.1. The topological polar surface area (TPSA) is 50.2 Å². The summed E-state index contributed by atoms with van der Waals surface area (Å²) in [6.07, 6.45) is 16.4. The van der Waals surface area contributed by atoms with Gasteiger partial charge in [0.25, 0.3) is 0 Å².